The summed E-state index contributed by atoms with van der Waals surface area (Å²) in [5.74, 6) is 0.801. The second-order valence-corrected chi connectivity index (χ2v) is 6.77. The van der Waals surface area contributed by atoms with E-state index in [9.17, 15) is 9.79 Å². The maximum absolute atomic E-state index is 10.2. The van der Waals surface area contributed by atoms with Crippen LogP contribution in [-0.4, -0.2) is 9.79 Å². The van der Waals surface area contributed by atoms with E-state index in [2.05, 4.69) is 0 Å². The number of benzene rings is 2. The number of hydrogen-bond donors (Lipinski definition) is 2. The van der Waals surface area contributed by atoms with E-state index in [1.54, 1.807) is 30.3 Å². The molecule has 0 spiro atoms. The van der Waals surface area contributed by atoms with Gasteiger partial charge in [-0.2, -0.15) is 0 Å². The summed E-state index contributed by atoms with van der Waals surface area (Å²) in [4.78, 5) is 20.4. The van der Waals surface area contributed by atoms with Crippen LogP contribution in [0, 0.1) is 0 Å². The third-order valence-electron chi connectivity index (χ3n) is 2.94. The van der Waals surface area contributed by atoms with Gasteiger partial charge in [0.1, 0.15) is 0 Å². The standard InChI is InChI=1S/C15H19O3P/c1-12(2)14-10-6-7-11-15(14)18-19(16,17)13-8-4-3-5-9-13/h3-12,16-17,19H,1-2H3. The quantitative estimate of drug-likeness (QED) is 0.845. The van der Waals surface area contributed by atoms with Crippen molar-refractivity contribution in [2.24, 2.45) is 0 Å². The Bertz CT molecular complexity index is 538. The molecular formula is C15H19O3P. The predicted molar refractivity (Wildman–Crippen MR) is 80.0 cm³/mol. The molecule has 19 heavy (non-hydrogen) atoms. The predicted octanol–water partition coefficient (Wildman–Crippen LogP) is 2.99. The van der Waals surface area contributed by atoms with Crippen LogP contribution < -0.4 is 9.83 Å². The first-order valence-electron chi connectivity index (χ1n) is 6.29. The van der Waals surface area contributed by atoms with Crippen molar-refractivity contribution in [1.29, 1.82) is 0 Å². The number of para-hydroxylation sites is 1. The number of hydrogen-bond acceptors (Lipinski definition) is 3. The van der Waals surface area contributed by atoms with Crippen molar-refractivity contribution in [2.45, 2.75) is 19.8 Å². The van der Waals surface area contributed by atoms with Crippen LogP contribution in [0.25, 0.3) is 0 Å². The maximum atomic E-state index is 10.2. The zero-order valence-corrected chi connectivity index (χ0v) is 12.1. The van der Waals surface area contributed by atoms with Crippen molar-refractivity contribution in [2.75, 3.05) is 0 Å². The molecule has 0 saturated heterocycles. The van der Waals surface area contributed by atoms with Crippen LogP contribution in [0.1, 0.15) is 25.3 Å². The van der Waals surface area contributed by atoms with Crippen LogP contribution >= 0.6 is 7.94 Å². The van der Waals surface area contributed by atoms with Crippen molar-refractivity contribution < 1.29 is 14.3 Å². The molecule has 2 rings (SSSR count). The van der Waals surface area contributed by atoms with Crippen molar-refractivity contribution in [3.8, 4) is 5.75 Å². The van der Waals surface area contributed by atoms with Crippen molar-refractivity contribution in [1.82, 2.24) is 0 Å². The van der Waals surface area contributed by atoms with Crippen LogP contribution in [-0.2, 0) is 0 Å². The van der Waals surface area contributed by atoms with Crippen molar-refractivity contribution in [3.63, 3.8) is 0 Å². The van der Waals surface area contributed by atoms with Gasteiger partial charge in [-0.3, -0.25) is 0 Å². The van der Waals surface area contributed by atoms with E-state index in [4.69, 9.17) is 4.52 Å². The van der Waals surface area contributed by atoms with Gasteiger partial charge in [0.15, 0.2) is 0 Å². The monoisotopic (exact) mass is 278 g/mol. The van der Waals surface area contributed by atoms with Gasteiger partial charge in [-0.15, -0.1) is 0 Å². The molecule has 0 amide bonds. The first kappa shape index (κ1) is 14.0. The molecule has 0 atom stereocenters. The Morgan fingerprint density at radius 3 is 2.11 bits per heavy atom. The van der Waals surface area contributed by atoms with Gasteiger partial charge in [0.2, 0.25) is 0 Å². The SMILES string of the molecule is CC(C)c1ccccc1O[PH](O)(O)c1ccccc1. The molecule has 0 radical (unpaired) electrons. The first-order chi connectivity index (χ1) is 9.00. The molecule has 0 aliphatic heterocycles. The summed E-state index contributed by atoms with van der Waals surface area (Å²) in [7, 11) is -3.90. The zero-order chi connectivity index (χ0) is 13.9. The number of rotatable bonds is 4. The third-order valence-corrected chi connectivity index (χ3v) is 4.53. The zero-order valence-electron chi connectivity index (χ0n) is 11.1. The van der Waals surface area contributed by atoms with Crippen molar-refractivity contribution >= 4 is 13.2 Å². The van der Waals surface area contributed by atoms with E-state index in [0.717, 1.165) is 5.56 Å². The van der Waals surface area contributed by atoms with E-state index in [-0.39, 0.29) is 5.92 Å². The molecule has 2 aromatic rings. The fraction of sp³-hybridized carbons (Fsp3) is 0.200. The van der Waals surface area contributed by atoms with Crippen LogP contribution in [0.5, 0.6) is 5.75 Å². The fourth-order valence-corrected chi connectivity index (χ4v) is 3.16. The summed E-state index contributed by atoms with van der Waals surface area (Å²) in [6.45, 7) is 4.09. The van der Waals surface area contributed by atoms with Gasteiger partial charge in [0, 0.05) is 0 Å². The molecule has 4 heteroatoms. The topological polar surface area (TPSA) is 49.7 Å². The Kier molecular flexibility index (Phi) is 4.20. The molecule has 0 heterocycles. The van der Waals surface area contributed by atoms with Gasteiger partial charge in [-0.25, -0.2) is 0 Å². The van der Waals surface area contributed by atoms with Crippen LogP contribution in [0.4, 0.5) is 0 Å². The van der Waals surface area contributed by atoms with Gasteiger partial charge in [-0.05, 0) is 0 Å². The minimum absolute atomic E-state index is 0.261. The third kappa shape index (κ3) is 3.32. The Labute approximate surface area is 114 Å². The van der Waals surface area contributed by atoms with Gasteiger partial charge in [0.05, 0.1) is 0 Å². The summed E-state index contributed by atoms with van der Waals surface area (Å²) in [6.07, 6.45) is 0. The second-order valence-electron chi connectivity index (χ2n) is 4.77. The first-order valence-corrected chi connectivity index (χ1v) is 8.09. The molecule has 0 saturated carbocycles. The molecule has 3 nitrogen and oxygen atoms in total. The van der Waals surface area contributed by atoms with Gasteiger partial charge in [0.25, 0.3) is 0 Å². The van der Waals surface area contributed by atoms with Crippen LogP contribution in [0.3, 0.4) is 0 Å². The summed E-state index contributed by atoms with van der Waals surface area (Å²) in [5.41, 5.74) is 0.971. The summed E-state index contributed by atoms with van der Waals surface area (Å²) < 4.78 is 5.53. The van der Waals surface area contributed by atoms with E-state index >= 15 is 0 Å². The fourth-order valence-electron chi connectivity index (χ4n) is 1.92. The molecule has 0 aromatic heterocycles. The van der Waals surface area contributed by atoms with Gasteiger partial charge >= 0.3 is 113 Å². The summed E-state index contributed by atoms with van der Waals surface area (Å²) >= 11 is 0. The van der Waals surface area contributed by atoms with Crippen LogP contribution in [0.2, 0.25) is 0 Å². The van der Waals surface area contributed by atoms with Gasteiger partial charge < -0.3 is 0 Å². The van der Waals surface area contributed by atoms with Crippen LogP contribution in [0.15, 0.2) is 54.6 Å². The van der Waals surface area contributed by atoms with E-state index in [0.29, 0.717) is 11.1 Å². The average molecular weight is 278 g/mol. The second kappa shape index (κ2) is 5.70. The van der Waals surface area contributed by atoms with Crippen molar-refractivity contribution in [3.05, 3.63) is 60.2 Å². The molecule has 0 unspecified atom stereocenters. The average Bonchev–Trinajstić information content (AvgIpc) is 2.39. The van der Waals surface area contributed by atoms with E-state index in [1.165, 1.54) is 0 Å². The molecule has 2 aromatic carbocycles. The summed E-state index contributed by atoms with van der Waals surface area (Å²) in [5, 5.41) is 0.438. The molecule has 0 fully saturated rings. The molecule has 2 N–H and O–H groups in total. The van der Waals surface area contributed by atoms with E-state index < -0.39 is 7.94 Å². The molecule has 0 aliphatic carbocycles. The Hall–Kier alpha value is -1.41. The molecule has 102 valence electrons. The minimum atomic E-state index is -3.90. The van der Waals surface area contributed by atoms with E-state index in [1.807, 2.05) is 38.1 Å². The Balaban J connectivity index is 2.31. The normalized spacial score (nSPS) is 12.5. The molecule has 0 aliphatic rings. The molecule has 0 bridgehead atoms. The molecular weight excluding hydrogens is 259 g/mol. The Morgan fingerprint density at radius 2 is 1.47 bits per heavy atom. The summed E-state index contributed by atoms with van der Waals surface area (Å²) in [6, 6.07) is 16.2. The Morgan fingerprint density at radius 1 is 0.895 bits per heavy atom. The van der Waals surface area contributed by atoms with Gasteiger partial charge in [-0.1, -0.05) is 0 Å².